The number of sulfonamides is 1. The van der Waals surface area contributed by atoms with Gasteiger partial charge in [-0.25, -0.2) is 13.2 Å². The fourth-order valence-electron chi connectivity index (χ4n) is 18.4. The van der Waals surface area contributed by atoms with Gasteiger partial charge in [0.25, 0.3) is 0 Å². The average Bonchev–Trinajstić information content (AvgIpc) is 1.36. The first-order chi connectivity index (χ1) is 69.9. The molecule has 4 fully saturated rings. The number of hydrogen-bond acceptors (Lipinski definition) is 24. The van der Waals surface area contributed by atoms with Crippen molar-refractivity contribution in [2.45, 2.75) is 355 Å². The number of carboxylic acid groups (broad SMARTS) is 6. The third kappa shape index (κ3) is 40.2. The Morgan fingerprint density at radius 3 is 1.44 bits per heavy atom. The summed E-state index contributed by atoms with van der Waals surface area (Å²) in [4.78, 5) is 276. The van der Waals surface area contributed by atoms with E-state index in [1.54, 1.807) is 39.0 Å². The number of phenols is 1. The van der Waals surface area contributed by atoms with Gasteiger partial charge in [0.05, 0.1) is 11.3 Å². The number of nitrogens with two attached hydrogens (primary N) is 1. The number of unbranched alkanes of at least 4 members (excludes halogenated alkanes) is 8. The Bertz CT molecular complexity index is 5200. The van der Waals surface area contributed by atoms with Crippen LogP contribution < -0.4 is 74.3 Å². The lowest BCUT2D eigenvalue weighted by molar-refractivity contribution is -0.146. The molecule has 0 radical (unpaired) electrons. The first-order valence-electron chi connectivity index (χ1n) is 50.8. The molecular formula is C99H146N18O29S. The number of guanidine groups is 1. The first kappa shape index (κ1) is 120. The summed E-state index contributed by atoms with van der Waals surface area (Å²) in [7, 11) is -4.21. The van der Waals surface area contributed by atoms with Gasteiger partial charge in [-0.15, -0.1) is 0 Å². The van der Waals surface area contributed by atoms with Crippen LogP contribution in [0.3, 0.4) is 0 Å². The zero-order valence-electron chi connectivity index (χ0n) is 83.7. The highest BCUT2D eigenvalue weighted by Gasteiger charge is 2.46. The maximum Gasteiger partial charge on any atom is 0.326 e. The Labute approximate surface area is 852 Å². The number of carbonyl (C=O) groups is 20. The van der Waals surface area contributed by atoms with Gasteiger partial charge in [0, 0.05) is 71.2 Å². The van der Waals surface area contributed by atoms with Crippen LogP contribution in [0.25, 0.3) is 10.8 Å². The maximum absolute atomic E-state index is 15.0. The normalized spacial score (nSPS) is 17.7. The van der Waals surface area contributed by atoms with Crippen LogP contribution in [0.4, 0.5) is 0 Å². The molecule has 1 saturated carbocycles. The van der Waals surface area contributed by atoms with E-state index in [0.717, 1.165) is 73.0 Å². The molecule has 23 N–H and O–H groups in total. The lowest BCUT2D eigenvalue weighted by Gasteiger charge is -2.37. The molecule has 0 unspecified atom stereocenters. The predicted molar refractivity (Wildman–Crippen MR) is 530 cm³/mol. The van der Waals surface area contributed by atoms with E-state index in [1.807, 2.05) is 12.1 Å². The van der Waals surface area contributed by atoms with Crippen molar-refractivity contribution < 1.29 is 140 Å². The lowest BCUT2D eigenvalue weighted by Crippen LogP contribution is -2.61. The number of phenolic OH excluding ortho intramolecular Hbond substituents is 1. The van der Waals surface area contributed by atoms with Crippen molar-refractivity contribution in [3.8, 4) is 5.75 Å². The summed E-state index contributed by atoms with van der Waals surface area (Å²) in [6, 6.07) is -3.96. The Kier molecular flexibility index (Phi) is 49.9. The number of nitrogens with zero attached hydrogens (tertiary/aromatic N) is 3. The van der Waals surface area contributed by atoms with Gasteiger partial charge in [-0.1, -0.05) is 147 Å². The number of benzene rings is 3. The van der Waals surface area contributed by atoms with Crippen LogP contribution in [0.2, 0.25) is 0 Å². The topological polar surface area (TPSA) is 733 Å². The van der Waals surface area contributed by atoms with Crippen LogP contribution in [-0.2, 0) is 112 Å². The molecule has 147 heavy (non-hydrogen) atoms. The number of aliphatic carboxylic acids is 6. The van der Waals surface area contributed by atoms with Crippen LogP contribution in [0, 0.1) is 17.2 Å². The molecule has 3 saturated heterocycles. The van der Waals surface area contributed by atoms with Gasteiger partial charge in [-0.2, -0.15) is 4.72 Å². The molecule has 0 spiro atoms. The van der Waals surface area contributed by atoms with Crippen molar-refractivity contribution in [1.82, 2.24) is 83.2 Å². The number of fused-ring (bicyclic) bond motifs is 1. The Morgan fingerprint density at radius 2 is 0.857 bits per heavy atom. The molecule has 3 aromatic rings. The molecule has 812 valence electrons. The van der Waals surface area contributed by atoms with Gasteiger partial charge in [-0.3, -0.25) is 96.5 Å². The van der Waals surface area contributed by atoms with Gasteiger partial charge in [0.15, 0.2) is 5.96 Å². The molecule has 1 aliphatic carbocycles. The number of piperidine rings is 1. The lowest BCUT2D eigenvalue weighted by atomic mass is 9.84. The monoisotopic (exact) mass is 2080 g/mol. The Balaban J connectivity index is 0.917. The number of amides is 14. The van der Waals surface area contributed by atoms with Crippen molar-refractivity contribution in [1.29, 1.82) is 5.41 Å². The van der Waals surface area contributed by atoms with E-state index in [0.29, 0.717) is 63.3 Å². The highest BCUT2D eigenvalue weighted by atomic mass is 32.2. The van der Waals surface area contributed by atoms with E-state index in [1.165, 1.54) is 48.2 Å². The fourth-order valence-corrected chi connectivity index (χ4v) is 19.7. The molecule has 3 aromatic carbocycles. The van der Waals surface area contributed by atoms with Gasteiger partial charge < -0.3 is 120 Å². The van der Waals surface area contributed by atoms with Crippen LogP contribution in [0.1, 0.15) is 264 Å². The van der Waals surface area contributed by atoms with Crippen molar-refractivity contribution in [3.63, 3.8) is 0 Å². The van der Waals surface area contributed by atoms with Crippen molar-refractivity contribution >= 4 is 145 Å². The number of nitrogens with one attached hydrogen (secondary N) is 14. The van der Waals surface area contributed by atoms with Gasteiger partial charge in [-0.05, 0) is 169 Å². The smallest absolute Gasteiger partial charge is 0.326 e. The molecule has 14 amide bonds. The molecule has 0 aromatic heterocycles. The minimum atomic E-state index is -4.21. The van der Waals surface area contributed by atoms with Crippen molar-refractivity contribution in [2.24, 2.45) is 17.6 Å². The Morgan fingerprint density at radius 1 is 0.401 bits per heavy atom. The minimum absolute atomic E-state index is 0.0109. The number of aromatic hydroxyl groups is 1. The predicted octanol–water partition coefficient (Wildman–Crippen LogP) is 2.39. The third-order valence-electron chi connectivity index (χ3n) is 26.9. The van der Waals surface area contributed by atoms with Crippen molar-refractivity contribution in [3.05, 3.63) is 72.3 Å². The number of rotatable bonds is 64. The number of carboxylic acids is 6. The Hall–Kier alpha value is -13.7. The van der Waals surface area contributed by atoms with Gasteiger partial charge in [0.2, 0.25) is 92.7 Å². The molecule has 7 rings (SSSR count). The molecule has 47 nitrogen and oxygen atoms in total. The molecule has 3 aliphatic heterocycles. The van der Waals surface area contributed by atoms with Gasteiger partial charge >= 0.3 is 35.8 Å². The summed E-state index contributed by atoms with van der Waals surface area (Å²) in [5.41, 5.74) is 5.75. The fraction of sp³-hybridized carbons (Fsp3) is 0.626. The highest BCUT2D eigenvalue weighted by molar-refractivity contribution is 7.89. The highest BCUT2D eigenvalue weighted by Crippen LogP contribution is 2.31. The summed E-state index contributed by atoms with van der Waals surface area (Å²) in [5.74, 6) is -22.8. The van der Waals surface area contributed by atoms with E-state index < -0.39 is 277 Å². The SMILES string of the molecule is CC[C@H](NC(=O)CCCCCCCCCCCNC(=O)[C@H]1CCCCN1C(=O)[C@H](CCCNC(=N)N)NS(=O)(=O)c1ccc2ccccc2c1)C(=O)N[C@@H](CC(=O)O)C(=O)N[C@@H](Cc1ccc(O)cc1)C(=O)N[C@@H](CCC(=O)O)C(=O)N1CCC[C@H]1C(=O)N[C@H](C(=O)N1CCC[C@H]1C(=O)N[C@@H](CCC(=O)O)C(=O)N[C@@H](CCC(=O)O)C(=O)N[C@@H](C)C(=O)N[C@@H](CC1CCCCC1)C(=O)N[C@H](CCC(=O)O)C(=O)O)[C@@H](C)CC. The summed E-state index contributed by atoms with van der Waals surface area (Å²) < 4.78 is 30.3. The standard InChI is InChI=1S/C99H146N18O29S/c1-5-58(3)84(97(142)117-53-25-32-76(117)93(138)107-68(42-46-80(122)123)88(133)106-67(41-45-79(120)121)87(132)104-59(4)85(130)110-72(54-60-26-15-14-16-27-60)90(135)109-71(98(143)144)44-48-82(126)127)113-94(139)77-33-24-52-116(77)95(140)69(43-47-81(124)125)108-89(134)73(55-61-35-38-64(118)39-36-61)111-91(136)74(57-83(128)129)112-86(131)66(6-2)105-78(119)34-17-12-10-8-7-9-11-13-21-49-102-92(137)75-31-20-22-51-115(75)96(141)70(30-23-50-103-99(100)101)114-147(145,146)65-40-37-62-28-18-19-29-63(62)56-65/h18-19,28-29,35-40,56,58-60,66-77,84,114,118H,5-17,20-27,30-34,41-55,57H2,1-4H3,(H,102,137)(H,104,132)(H,105,119)(H,106,133)(H,107,138)(H,108,134)(H,109,135)(H,110,130)(H,111,136)(H,112,131)(H,113,139)(H,120,121)(H,122,123)(H,124,125)(H,126,127)(H,128,129)(H,143,144)(H4,100,101,103)/t58-,59-,66-,67-,68-,69-,70-,71+,72-,73-,74-,75+,76-,77-,84-/m0/s1. The number of likely N-dealkylation sites (tertiary alicyclic amines) is 3. The molecule has 3 heterocycles. The van der Waals surface area contributed by atoms with Crippen LogP contribution in [0.15, 0.2) is 71.6 Å². The average molecular weight is 2080 g/mol. The van der Waals surface area contributed by atoms with E-state index in [9.17, 15) is 135 Å². The maximum atomic E-state index is 15.0. The summed E-state index contributed by atoms with van der Waals surface area (Å²) in [6.07, 6.45) is 6.45. The van der Waals surface area contributed by atoms with Gasteiger partial charge in [0.1, 0.15) is 90.3 Å². The van der Waals surface area contributed by atoms with E-state index >= 15 is 4.79 Å². The second-order valence-corrected chi connectivity index (χ2v) is 39.9. The van der Waals surface area contributed by atoms with Crippen LogP contribution >= 0.6 is 0 Å². The second-order valence-electron chi connectivity index (χ2n) is 38.1. The minimum Gasteiger partial charge on any atom is -0.508 e. The number of hydrogen-bond donors (Lipinski definition) is 22. The number of carbonyl (C=O) groups excluding carboxylic acids is 14. The van der Waals surface area contributed by atoms with Crippen LogP contribution in [0.5, 0.6) is 5.75 Å². The zero-order valence-corrected chi connectivity index (χ0v) is 84.5. The van der Waals surface area contributed by atoms with Crippen molar-refractivity contribution in [2.75, 3.05) is 32.7 Å². The largest absolute Gasteiger partial charge is 0.508 e. The summed E-state index contributed by atoms with van der Waals surface area (Å²) in [5, 5.41) is 108. The van der Waals surface area contributed by atoms with E-state index in [-0.39, 0.29) is 124 Å². The van der Waals surface area contributed by atoms with Crippen LogP contribution in [-0.4, -0.2) is 301 Å². The van der Waals surface area contributed by atoms with E-state index in [4.69, 9.17) is 11.1 Å². The molecule has 4 aliphatic rings. The zero-order chi connectivity index (χ0) is 108. The van der Waals surface area contributed by atoms with E-state index in [2.05, 4.69) is 68.5 Å². The molecule has 48 heteroatoms. The molecule has 0 bridgehead atoms. The summed E-state index contributed by atoms with van der Waals surface area (Å²) >= 11 is 0. The molecular weight excluding hydrogens is 1940 g/mol. The third-order valence-corrected chi connectivity index (χ3v) is 28.3. The quantitative estimate of drug-likeness (QED) is 0.0219. The summed E-state index contributed by atoms with van der Waals surface area (Å²) in [6.45, 7) is 6.60. The molecule has 15 atom stereocenters. The second kappa shape index (κ2) is 61.0. The first-order valence-corrected chi connectivity index (χ1v) is 52.3.